The highest BCUT2D eigenvalue weighted by Crippen LogP contribution is 2.10. The molecule has 0 spiro atoms. The van der Waals surface area contributed by atoms with Crippen molar-refractivity contribution in [3.8, 4) is 0 Å². The molecule has 0 N–H and O–H groups in total. The molecule has 0 aliphatic carbocycles. The van der Waals surface area contributed by atoms with Crippen LogP contribution in [-0.4, -0.2) is 101 Å². The molecule has 0 aromatic heterocycles. The Morgan fingerprint density at radius 2 is 1.21 bits per heavy atom. The number of carbonyl (C=O) groups is 2. The van der Waals surface area contributed by atoms with Crippen LogP contribution < -0.4 is 0 Å². The van der Waals surface area contributed by atoms with Gasteiger partial charge < -0.3 is 24.0 Å². The summed E-state index contributed by atoms with van der Waals surface area (Å²) >= 11 is 1.75. The third-order valence-corrected chi connectivity index (χ3v) is 3.78. The van der Waals surface area contributed by atoms with Gasteiger partial charge in [-0.3, -0.25) is 9.59 Å². The molecular formula is C16H32N2O5S. The van der Waals surface area contributed by atoms with Gasteiger partial charge in [0.2, 0.25) is 11.8 Å². The first kappa shape index (κ1) is 23.2. The Bertz CT molecular complexity index is 333. The molecule has 24 heavy (non-hydrogen) atoms. The summed E-state index contributed by atoms with van der Waals surface area (Å²) in [6.45, 7) is 3.11. The van der Waals surface area contributed by atoms with E-state index in [-0.39, 0.29) is 11.8 Å². The van der Waals surface area contributed by atoms with E-state index in [1.807, 2.05) is 6.26 Å². The average molecular weight is 365 g/mol. The Balaban J connectivity index is 3.81. The molecule has 0 radical (unpaired) electrons. The summed E-state index contributed by atoms with van der Waals surface area (Å²) in [5.41, 5.74) is 0. The Hall–Kier alpha value is -0.830. The molecule has 0 aromatic rings. The van der Waals surface area contributed by atoms with Gasteiger partial charge in [0.15, 0.2) is 0 Å². The molecule has 2 amide bonds. The standard InChI is InChI=1S/C16H32N2O5S/c1-17(2)15(19)14(16(20)18(3)4)6-7-21-8-9-22-10-11-23-12-13-24-5/h14H,6-13H2,1-5H3. The number of nitrogens with zero attached hydrogens (tertiary/aromatic N) is 2. The topological polar surface area (TPSA) is 68.3 Å². The maximum absolute atomic E-state index is 12.1. The third-order valence-electron chi connectivity index (χ3n) is 3.20. The van der Waals surface area contributed by atoms with E-state index in [2.05, 4.69) is 0 Å². The zero-order valence-electron chi connectivity index (χ0n) is 15.6. The molecule has 0 saturated heterocycles. The maximum Gasteiger partial charge on any atom is 0.234 e. The van der Waals surface area contributed by atoms with Gasteiger partial charge in [0.05, 0.1) is 33.0 Å². The van der Waals surface area contributed by atoms with Crippen LogP contribution in [0.5, 0.6) is 0 Å². The molecule has 0 aliphatic rings. The van der Waals surface area contributed by atoms with Gasteiger partial charge in [0, 0.05) is 40.6 Å². The lowest BCUT2D eigenvalue weighted by Gasteiger charge is -2.22. The number of rotatable bonds is 14. The minimum atomic E-state index is -0.694. The average Bonchev–Trinajstić information content (AvgIpc) is 2.54. The van der Waals surface area contributed by atoms with Crippen LogP contribution >= 0.6 is 11.8 Å². The Morgan fingerprint density at radius 3 is 1.62 bits per heavy atom. The largest absolute Gasteiger partial charge is 0.379 e. The van der Waals surface area contributed by atoms with Crippen LogP contribution in [0.1, 0.15) is 6.42 Å². The summed E-state index contributed by atoms with van der Waals surface area (Å²) in [5, 5.41) is 0. The van der Waals surface area contributed by atoms with Crippen molar-refractivity contribution in [2.24, 2.45) is 5.92 Å². The summed E-state index contributed by atoms with van der Waals surface area (Å²) in [6, 6.07) is 0. The van der Waals surface area contributed by atoms with Crippen molar-refractivity contribution in [1.82, 2.24) is 9.80 Å². The van der Waals surface area contributed by atoms with Crippen LogP contribution in [0, 0.1) is 5.92 Å². The van der Waals surface area contributed by atoms with Crippen molar-refractivity contribution in [3.63, 3.8) is 0 Å². The summed E-state index contributed by atoms with van der Waals surface area (Å²) in [6.07, 6.45) is 2.41. The fourth-order valence-corrected chi connectivity index (χ4v) is 2.15. The highest BCUT2D eigenvalue weighted by atomic mass is 32.2. The van der Waals surface area contributed by atoms with Gasteiger partial charge in [-0.1, -0.05) is 0 Å². The number of thioether (sulfide) groups is 1. The predicted molar refractivity (Wildman–Crippen MR) is 96.3 cm³/mol. The van der Waals surface area contributed by atoms with Gasteiger partial charge in [-0.25, -0.2) is 0 Å². The fraction of sp³-hybridized carbons (Fsp3) is 0.875. The first-order valence-corrected chi connectivity index (χ1v) is 9.45. The van der Waals surface area contributed by atoms with E-state index in [0.717, 1.165) is 12.4 Å². The molecule has 142 valence electrons. The monoisotopic (exact) mass is 364 g/mol. The summed E-state index contributed by atoms with van der Waals surface area (Å²) in [7, 11) is 6.59. The van der Waals surface area contributed by atoms with E-state index < -0.39 is 5.92 Å². The molecular weight excluding hydrogens is 332 g/mol. The summed E-state index contributed by atoms with van der Waals surface area (Å²) in [5.74, 6) is -0.102. The molecule has 0 fully saturated rings. The highest BCUT2D eigenvalue weighted by molar-refractivity contribution is 7.98. The molecule has 0 unspecified atom stereocenters. The second kappa shape index (κ2) is 14.5. The number of hydrogen-bond acceptors (Lipinski definition) is 6. The summed E-state index contributed by atoms with van der Waals surface area (Å²) in [4.78, 5) is 27.0. The Morgan fingerprint density at radius 1 is 0.792 bits per heavy atom. The molecule has 0 heterocycles. The lowest BCUT2D eigenvalue weighted by molar-refractivity contribution is -0.145. The van der Waals surface area contributed by atoms with Gasteiger partial charge in [0.1, 0.15) is 5.92 Å². The number of ether oxygens (including phenoxy) is 3. The van der Waals surface area contributed by atoms with E-state index in [0.29, 0.717) is 39.5 Å². The minimum absolute atomic E-state index is 0.198. The first-order chi connectivity index (χ1) is 11.4. The van der Waals surface area contributed by atoms with E-state index in [1.165, 1.54) is 9.80 Å². The maximum atomic E-state index is 12.1. The summed E-state index contributed by atoms with van der Waals surface area (Å²) < 4.78 is 16.2. The van der Waals surface area contributed by atoms with Gasteiger partial charge in [-0.05, 0) is 12.7 Å². The fourth-order valence-electron chi connectivity index (χ4n) is 1.86. The SMILES string of the molecule is CSCCOCCOCCOCCC(C(=O)N(C)C)C(=O)N(C)C. The van der Waals surface area contributed by atoms with Crippen LogP contribution in [0.2, 0.25) is 0 Å². The van der Waals surface area contributed by atoms with Crippen LogP contribution in [0.4, 0.5) is 0 Å². The molecule has 0 rings (SSSR count). The van der Waals surface area contributed by atoms with Gasteiger partial charge >= 0.3 is 0 Å². The molecule has 0 aliphatic heterocycles. The van der Waals surface area contributed by atoms with Crippen LogP contribution in [0.25, 0.3) is 0 Å². The van der Waals surface area contributed by atoms with E-state index >= 15 is 0 Å². The second-order valence-corrected chi connectivity index (χ2v) is 6.62. The van der Waals surface area contributed by atoms with E-state index in [1.54, 1.807) is 40.0 Å². The molecule has 0 saturated carbocycles. The van der Waals surface area contributed by atoms with Gasteiger partial charge in [-0.15, -0.1) is 0 Å². The predicted octanol–water partition coefficient (Wildman–Crippen LogP) is 0.582. The quantitative estimate of drug-likeness (QED) is 0.332. The molecule has 0 bridgehead atoms. The second-order valence-electron chi connectivity index (χ2n) is 5.64. The highest BCUT2D eigenvalue weighted by Gasteiger charge is 2.28. The smallest absolute Gasteiger partial charge is 0.234 e. The van der Waals surface area contributed by atoms with Crippen molar-refractivity contribution in [3.05, 3.63) is 0 Å². The zero-order valence-corrected chi connectivity index (χ0v) is 16.4. The lowest BCUT2D eigenvalue weighted by atomic mass is 10.0. The van der Waals surface area contributed by atoms with E-state index in [4.69, 9.17) is 14.2 Å². The van der Waals surface area contributed by atoms with Crippen LogP contribution in [0.3, 0.4) is 0 Å². The number of hydrogen-bond donors (Lipinski definition) is 0. The van der Waals surface area contributed by atoms with Crippen molar-refractivity contribution in [2.75, 3.05) is 79.8 Å². The van der Waals surface area contributed by atoms with Crippen LogP contribution in [0.15, 0.2) is 0 Å². The number of amides is 2. The lowest BCUT2D eigenvalue weighted by Crippen LogP contribution is -2.41. The molecule has 8 heteroatoms. The van der Waals surface area contributed by atoms with Crippen molar-refractivity contribution in [2.45, 2.75) is 6.42 Å². The molecule has 0 atom stereocenters. The Labute approximate surface area is 150 Å². The molecule has 7 nitrogen and oxygen atoms in total. The van der Waals surface area contributed by atoms with Crippen molar-refractivity contribution in [1.29, 1.82) is 0 Å². The van der Waals surface area contributed by atoms with Gasteiger partial charge in [-0.2, -0.15) is 11.8 Å². The number of carbonyl (C=O) groups excluding carboxylic acids is 2. The van der Waals surface area contributed by atoms with Crippen molar-refractivity contribution >= 4 is 23.6 Å². The first-order valence-electron chi connectivity index (χ1n) is 8.06. The Kier molecular flexibility index (Phi) is 14.0. The van der Waals surface area contributed by atoms with Gasteiger partial charge in [0.25, 0.3) is 0 Å². The third kappa shape index (κ3) is 10.9. The van der Waals surface area contributed by atoms with Crippen LogP contribution in [-0.2, 0) is 23.8 Å². The zero-order chi connectivity index (χ0) is 18.4. The normalized spacial score (nSPS) is 10.9. The van der Waals surface area contributed by atoms with Crippen molar-refractivity contribution < 1.29 is 23.8 Å². The molecule has 0 aromatic carbocycles. The minimum Gasteiger partial charge on any atom is -0.379 e. The van der Waals surface area contributed by atoms with E-state index in [9.17, 15) is 9.59 Å².